The number of anilines is 1. The minimum Gasteiger partial charge on any atom is -0.456 e. The van der Waals surface area contributed by atoms with Crippen LogP contribution >= 0.6 is 0 Å². The van der Waals surface area contributed by atoms with Gasteiger partial charge in [0.05, 0.1) is 0 Å². The number of alkyl carbamates (subject to hydrolysis) is 1. The first-order valence-corrected chi connectivity index (χ1v) is 7.94. The zero-order valence-corrected chi connectivity index (χ0v) is 14.9. The molecule has 0 spiro atoms. The molecule has 0 aliphatic rings. The molecule has 0 aromatic heterocycles. The van der Waals surface area contributed by atoms with Gasteiger partial charge < -0.3 is 20.1 Å². The Bertz CT molecular complexity index is 659. The third-order valence-electron chi connectivity index (χ3n) is 2.79. The van der Waals surface area contributed by atoms with Crippen LogP contribution in [0.5, 0.6) is 0 Å². The summed E-state index contributed by atoms with van der Waals surface area (Å²) in [7, 11) is 0. The summed E-state index contributed by atoms with van der Waals surface area (Å²) in [5.41, 5.74) is -0.560. The molecule has 7 nitrogen and oxygen atoms in total. The molecule has 1 aromatic rings. The second-order valence-electron chi connectivity index (χ2n) is 6.37. The molecule has 0 saturated carbocycles. The standard InChI is InChI=1S/C17H22F2N2O5/c1-17(2,3)26-16(24)20-8-4-5-15(23)25-10-14(22)21-11-6-7-12(18)13(19)9-11/h6-7,9H,4-5,8,10H2,1-3H3,(H,20,24)(H,21,22). The smallest absolute Gasteiger partial charge is 0.407 e. The lowest BCUT2D eigenvalue weighted by Crippen LogP contribution is -2.33. The Morgan fingerprint density at radius 3 is 2.42 bits per heavy atom. The first kappa shape index (κ1) is 21.3. The Balaban J connectivity index is 2.20. The summed E-state index contributed by atoms with van der Waals surface area (Å²) >= 11 is 0. The number of amides is 2. The molecule has 0 atom stereocenters. The number of hydrogen-bond donors (Lipinski definition) is 2. The number of nitrogens with one attached hydrogen (secondary N) is 2. The Labute approximate surface area is 150 Å². The molecule has 26 heavy (non-hydrogen) atoms. The second kappa shape index (κ2) is 9.69. The van der Waals surface area contributed by atoms with Crippen molar-refractivity contribution in [3.05, 3.63) is 29.8 Å². The summed E-state index contributed by atoms with van der Waals surface area (Å²) in [4.78, 5) is 34.5. The summed E-state index contributed by atoms with van der Waals surface area (Å²) in [6.07, 6.45) is -0.284. The van der Waals surface area contributed by atoms with Crippen molar-refractivity contribution in [2.45, 2.75) is 39.2 Å². The number of carbonyl (C=O) groups is 3. The maximum Gasteiger partial charge on any atom is 0.407 e. The van der Waals surface area contributed by atoms with Crippen molar-refractivity contribution in [3.63, 3.8) is 0 Å². The van der Waals surface area contributed by atoms with Gasteiger partial charge in [0.1, 0.15) is 5.60 Å². The fourth-order valence-corrected chi connectivity index (χ4v) is 1.73. The number of esters is 1. The van der Waals surface area contributed by atoms with Crippen molar-refractivity contribution in [1.29, 1.82) is 0 Å². The largest absolute Gasteiger partial charge is 0.456 e. The summed E-state index contributed by atoms with van der Waals surface area (Å²) in [6, 6.07) is 2.87. The van der Waals surface area contributed by atoms with E-state index in [4.69, 9.17) is 9.47 Å². The molecule has 0 unspecified atom stereocenters. The molecule has 2 amide bonds. The molecule has 0 saturated heterocycles. The third kappa shape index (κ3) is 8.95. The van der Waals surface area contributed by atoms with Crippen molar-refractivity contribution in [3.8, 4) is 0 Å². The fourth-order valence-electron chi connectivity index (χ4n) is 1.73. The van der Waals surface area contributed by atoms with E-state index < -0.39 is 41.8 Å². The average molecular weight is 372 g/mol. The van der Waals surface area contributed by atoms with Gasteiger partial charge in [-0.1, -0.05) is 0 Å². The minimum absolute atomic E-state index is 0.00570. The number of hydrogen-bond acceptors (Lipinski definition) is 5. The van der Waals surface area contributed by atoms with Crippen molar-refractivity contribution >= 4 is 23.7 Å². The maximum absolute atomic E-state index is 13.0. The first-order valence-electron chi connectivity index (χ1n) is 7.94. The van der Waals surface area contributed by atoms with Gasteiger partial charge in [-0.15, -0.1) is 0 Å². The van der Waals surface area contributed by atoms with Gasteiger partial charge in [0.15, 0.2) is 18.2 Å². The van der Waals surface area contributed by atoms with Gasteiger partial charge in [-0.25, -0.2) is 13.6 Å². The highest BCUT2D eigenvalue weighted by Gasteiger charge is 2.15. The van der Waals surface area contributed by atoms with Crippen LogP contribution in [0.25, 0.3) is 0 Å². The number of halogens is 2. The summed E-state index contributed by atoms with van der Waals surface area (Å²) in [5, 5.41) is 4.76. The number of benzene rings is 1. The van der Waals surface area contributed by atoms with E-state index in [1.807, 2.05) is 0 Å². The predicted octanol–water partition coefficient (Wildman–Crippen LogP) is 2.75. The molecule has 0 radical (unpaired) electrons. The van der Waals surface area contributed by atoms with Gasteiger partial charge in [0, 0.05) is 24.7 Å². The van der Waals surface area contributed by atoms with Gasteiger partial charge in [-0.3, -0.25) is 9.59 Å². The van der Waals surface area contributed by atoms with Crippen LogP contribution in [-0.2, 0) is 19.1 Å². The van der Waals surface area contributed by atoms with Crippen LogP contribution in [0.2, 0.25) is 0 Å². The van der Waals surface area contributed by atoms with Crippen LogP contribution < -0.4 is 10.6 Å². The topological polar surface area (TPSA) is 93.7 Å². The first-order chi connectivity index (χ1) is 12.1. The van der Waals surface area contributed by atoms with Crippen molar-refractivity contribution in [2.75, 3.05) is 18.5 Å². The van der Waals surface area contributed by atoms with Crippen LogP contribution in [0, 0.1) is 11.6 Å². The Hall–Kier alpha value is -2.71. The van der Waals surface area contributed by atoms with Gasteiger partial charge in [0.2, 0.25) is 0 Å². The molecule has 1 aromatic carbocycles. The van der Waals surface area contributed by atoms with E-state index in [1.54, 1.807) is 20.8 Å². The molecular weight excluding hydrogens is 350 g/mol. The Morgan fingerprint density at radius 1 is 1.12 bits per heavy atom. The SMILES string of the molecule is CC(C)(C)OC(=O)NCCCC(=O)OCC(=O)Nc1ccc(F)c(F)c1. The monoisotopic (exact) mass is 372 g/mol. The highest BCUT2D eigenvalue weighted by molar-refractivity contribution is 5.92. The lowest BCUT2D eigenvalue weighted by atomic mass is 10.2. The van der Waals surface area contributed by atoms with Crippen LogP contribution in [0.4, 0.5) is 19.3 Å². The molecule has 0 bridgehead atoms. The van der Waals surface area contributed by atoms with E-state index in [-0.39, 0.29) is 18.7 Å². The zero-order chi connectivity index (χ0) is 19.7. The number of ether oxygens (including phenoxy) is 2. The molecule has 1 rings (SSSR count). The van der Waals surface area contributed by atoms with E-state index in [0.29, 0.717) is 6.42 Å². The Kier molecular flexibility index (Phi) is 7.95. The van der Waals surface area contributed by atoms with Crippen molar-refractivity contribution in [1.82, 2.24) is 5.32 Å². The molecule has 9 heteroatoms. The van der Waals surface area contributed by atoms with Crippen molar-refractivity contribution < 1.29 is 32.6 Å². The van der Waals surface area contributed by atoms with E-state index in [2.05, 4.69) is 10.6 Å². The highest BCUT2D eigenvalue weighted by atomic mass is 19.2. The Morgan fingerprint density at radius 2 is 1.81 bits per heavy atom. The third-order valence-corrected chi connectivity index (χ3v) is 2.79. The van der Waals surface area contributed by atoms with Crippen molar-refractivity contribution in [2.24, 2.45) is 0 Å². The normalized spacial score (nSPS) is 10.8. The predicted molar refractivity (Wildman–Crippen MR) is 89.4 cm³/mol. The lowest BCUT2D eigenvalue weighted by Gasteiger charge is -2.19. The number of carbonyl (C=O) groups excluding carboxylic acids is 3. The second-order valence-corrected chi connectivity index (χ2v) is 6.37. The molecule has 0 aliphatic heterocycles. The molecule has 0 heterocycles. The minimum atomic E-state index is -1.10. The molecule has 0 aliphatic carbocycles. The fraction of sp³-hybridized carbons (Fsp3) is 0.471. The molecule has 2 N–H and O–H groups in total. The zero-order valence-electron chi connectivity index (χ0n) is 14.9. The maximum atomic E-state index is 13.0. The summed E-state index contributed by atoms with van der Waals surface area (Å²) in [6.45, 7) is 4.85. The molecular formula is C17H22F2N2O5. The summed E-state index contributed by atoms with van der Waals surface area (Å²) < 4.78 is 35.6. The van der Waals surface area contributed by atoms with E-state index >= 15 is 0 Å². The summed E-state index contributed by atoms with van der Waals surface area (Å²) in [5.74, 6) is -3.45. The van der Waals surface area contributed by atoms with Gasteiger partial charge >= 0.3 is 12.1 Å². The van der Waals surface area contributed by atoms with E-state index in [9.17, 15) is 23.2 Å². The lowest BCUT2D eigenvalue weighted by molar-refractivity contribution is -0.147. The number of rotatable bonds is 7. The van der Waals surface area contributed by atoms with Crippen LogP contribution in [0.1, 0.15) is 33.6 Å². The molecule has 144 valence electrons. The van der Waals surface area contributed by atoms with Gasteiger partial charge in [-0.05, 0) is 39.3 Å². The van der Waals surface area contributed by atoms with Crippen LogP contribution in [0.15, 0.2) is 18.2 Å². The van der Waals surface area contributed by atoms with Crippen LogP contribution in [-0.4, -0.2) is 36.7 Å². The molecule has 0 fully saturated rings. The highest BCUT2D eigenvalue weighted by Crippen LogP contribution is 2.13. The quantitative estimate of drug-likeness (QED) is 0.567. The average Bonchev–Trinajstić information content (AvgIpc) is 2.51. The van der Waals surface area contributed by atoms with Crippen LogP contribution in [0.3, 0.4) is 0 Å². The van der Waals surface area contributed by atoms with E-state index in [1.165, 1.54) is 6.07 Å². The van der Waals surface area contributed by atoms with E-state index in [0.717, 1.165) is 12.1 Å². The van der Waals surface area contributed by atoms with Gasteiger partial charge in [0.25, 0.3) is 5.91 Å². The van der Waals surface area contributed by atoms with Gasteiger partial charge in [-0.2, -0.15) is 0 Å².